The third kappa shape index (κ3) is 3.23. The summed E-state index contributed by atoms with van der Waals surface area (Å²) in [5, 5.41) is 17.2. The van der Waals surface area contributed by atoms with E-state index in [2.05, 4.69) is 10.5 Å². The topological polar surface area (TPSA) is 58.3 Å². The molecule has 1 heterocycles. The summed E-state index contributed by atoms with van der Waals surface area (Å²) in [4.78, 5) is 0. The van der Waals surface area contributed by atoms with E-state index >= 15 is 0 Å². The Morgan fingerprint density at radius 2 is 1.95 bits per heavy atom. The van der Waals surface area contributed by atoms with E-state index in [4.69, 9.17) is 4.52 Å². The lowest BCUT2D eigenvalue weighted by Crippen LogP contribution is -2.25. The summed E-state index contributed by atoms with van der Waals surface area (Å²) in [6.07, 6.45) is -0.682. The van der Waals surface area contributed by atoms with Crippen molar-refractivity contribution in [3.05, 3.63) is 52.7 Å². The molecule has 0 spiro atoms. The fraction of sp³-hybridized carbons (Fsp3) is 0.400. The second-order valence-corrected chi connectivity index (χ2v) is 4.94. The fourth-order valence-electron chi connectivity index (χ4n) is 2.30. The zero-order chi connectivity index (χ0) is 14.7. The summed E-state index contributed by atoms with van der Waals surface area (Å²) in [5.41, 5.74) is 2.54. The van der Waals surface area contributed by atoms with Gasteiger partial charge in [-0.05, 0) is 38.5 Å². The number of aliphatic hydroxyl groups excluding tert-OH is 1. The second-order valence-electron chi connectivity index (χ2n) is 4.94. The first-order valence-corrected chi connectivity index (χ1v) is 6.58. The molecular weight excluding hydrogens is 259 g/mol. The third-order valence-corrected chi connectivity index (χ3v) is 3.39. The summed E-state index contributed by atoms with van der Waals surface area (Å²) in [6, 6.07) is 5.88. The third-order valence-electron chi connectivity index (χ3n) is 3.39. The number of aryl methyl sites for hydroxylation is 2. The second kappa shape index (κ2) is 6.15. The molecule has 108 valence electrons. The van der Waals surface area contributed by atoms with Crippen molar-refractivity contribution in [2.75, 3.05) is 6.54 Å². The molecule has 0 aliphatic rings. The van der Waals surface area contributed by atoms with Gasteiger partial charge in [-0.2, -0.15) is 0 Å². The summed E-state index contributed by atoms with van der Waals surface area (Å²) in [6.45, 7) is 6.12. The van der Waals surface area contributed by atoms with Gasteiger partial charge in [0, 0.05) is 18.2 Å². The van der Waals surface area contributed by atoms with Crippen molar-refractivity contribution in [2.24, 2.45) is 0 Å². The van der Waals surface area contributed by atoms with Crippen molar-refractivity contribution in [1.29, 1.82) is 0 Å². The lowest BCUT2D eigenvalue weighted by Gasteiger charge is -2.17. The molecule has 2 aromatic rings. The van der Waals surface area contributed by atoms with Crippen LogP contribution in [0.25, 0.3) is 0 Å². The van der Waals surface area contributed by atoms with Crippen molar-refractivity contribution in [3.63, 3.8) is 0 Å². The summed E-state index contributed by atoms with van der Waals surface area (Å²) in [7, 11) is 0. The molecule has 0 saturated carbocycles. The van der Waals surface area contributed by atoms with Gasteiger partial charge in [0.05, 0.1) is 11.8 Å². The zero-order valence-corrected chi connectivity index (χ0v) is 11.9. The Kier molecular flexibility index (Phi) is 4.52. The minimum Gasteiger partial charge on any atom is -0.387 e. The quantitative estimate of drug-likeness (QED) is 0.883. The molecule has 20 heavy (non-hydrogen) atoms. The molecule has 4 nitrogen and oxygen atoms in total. The number of hydrogen-bond acceptors (Lipinski definition) is 4. The monoisotopic (exact) mass is 278 g/mol. The van der Waals surface area contributed by atoms with Crippen LogP contribution in [0.3, 0.4) is 0 Å². The SMILES string of the molecule is Cc1noc(C)c1C(C)NCC(O)c1ccc(F)cc1. The molecule has 2 unspecified atom stereocenters. The first-order chi connectivity index (χ1) is 9.49. The average Bonchev–Trinajstić information content (AvgIpc) is 2.76. The normalized spacial score (nSPS) is 14.2. The highest BCUT2D eigenvalue weighted by molar-refractivity contribution is 5.24. The van der Waals surface area contributed by atoms with Crippen LogP contribution in [-0.4, -0.2) is 16.8 Å². The van der Waals surface area contributed by atoms with E-state index in [1.54, 1.807) is 12.1 Å². The summed E-state index contributed by atoms with van der Waals surface area (Å²) < 4.78 is 18.0. The maximum atomic E-state index is 12.8. The van der Waals surface area contributed by atoms with E-state index in [0.717, 1.165) is 17.0 Å². The first-order valence-electron chi connectivity index (χ1n) is 6.58. The molecule has 5 heteroatoms. The van der Waals surface area contributed by atoms with Crippen LogP contribution < -0.4 is 5.32 Å². The predicted molar refractivity (Wildman–Crippen MR) is 73.8 cm³/mol. The molecule has 0 aliphatic heterocycles. The van der Waals surface area contributed by atoms with E-state index in [1.165, 1.54) is 12.1 Å². The lowest BCUT2D eigenvalue weighted by atomic mass is 10.1. The van der Waals surface area contributed by atoms with Gasteiger partial charge in [0.2, 0.25) is 0 Å². The molecule has 0 fully saturated rings. The molecular formula is C15H19FN2O2. The Morgan fingerprint density at radius 3 is 2.50 bits per heavy atom. The summed E-state index contributed by atoms with van der Waals surface area (Å²) in [5.74, 6) is 0.469. The van der Waals surface area contributed by atoms with Crippen molar-refractivity contribution in [3.8, 4) is 0 Å². The molecule has 0 amide bonds. The van der Waals surface area contributed by atoms with Crippen LogP contribution >= 0.6 is 0 Å². The van der Waals surface area contributed by atoms with Crippen molar-refractivity contribution in [1.82, 2.24) is 10.5 Å². The van der Waals surface area contributed by atoms with Gasteiger partial charge in [0.1, 0.15) is 11.6 Å². The van der Waals surface area contributed by atoms with Crippen molar-refractivity contribution in [2.45, 2.75) is 32.9 Å². The van der Waals surface area contributed by atoms with E-state index in [1.807, 2.05) is 20.8 Å². The van der Waals surface area contributed by atoms with E-state index in [-0.39, 0.29) is 11.9 Å². The van der Waals surface area contributed by atoms with Crippen molar-refractivity contribution >= 4 is 0 Å². The Morgan fingerprint density at radius 1 is 1.30 bits per heavy atom. The molecule has 2 atom stereocenters. The van der Waals surface area contributed by atoms with Gasteiger partial charge in [-0.3, -0.25) is 0 Å². The van der Waals surface area contributed by atoms with Gasteiger partial charge < -0.3 is 14.9 Å². The van der Waals surface area contributed by atoms with E-state index in [0.29, 0.717) is 12.1 Å². The summed E-state index contributed by atoms with van der Waals surface area (Å²) >= 11 is 0. The fourth-order valence-corrected chi connectivity index (χ4v) is 2.30. The van der Waals surface area contributed by atoms with Crippen LogP contribution in [0.1, 0.15) is 41.7 Å². The number of rotatable bonds is 5. The van der Waals surface area contributed by atoms with Gasteiger partial charge in [-0.15, -0.1) is 0 Å². The maximum absolute atomic E-state index is 12.8. The lowest BCUT2D eigenvalue weighted by molar-refractivity contribution is 0.170. The Labute approximate surface area is 117 Å². The van der Waals surface area contributed by atoms with Gasteiger partial charge in [0.15, 0.2) is 0 Å². The minimum atomic E-state index is -0.682. The number of nitrogens with zero attached hydrogens (tertiary/aromatic N) is 1. The molecule has 2 N–H and O–H groups in total. The smallest absolute Gasteiger partial charge is 0.138 e. The van der Waals surface area contributed by atoms with Gasteiger partial charge in [0.25, 0.3) is 0 Å². The van der Waals surface area contributed by atoms with Crippen LogP contribution in [0.5, 0.6) is 0 Å². The Bertz CT molecular complexity index is 546. The molecule has 0 aliphatic carbocycles. The number of aromatic nitrogens is 1. The van der Waals surface area contributed by atoms with Gasteiger partial charge in [-0.1, -0.05) is 17.3 Å². The minimum absolute atomic E-state index is 0.0244. The van der Waals surface area contributed by atoms with Gasteiger partial charge in [-0.25, -0.2) is 4.39 Å². The van der Waals surface area contributed by atoms with Crippen LogP contribution in [0.2, 0.25) is 0 Å². The number of nitrogens with one attached hydrogen (secondary N) is 1. The van der Waals surface area contributed by atoms with E-state index in [9.17, 15) is 9.50 Å². The number of hydrogen-bond donors (Lipinski definition) is 2. The van der Waals surface area contributed by atoms with Crippen molar-refractivity contribution < 1.29 is 14.0 Å². The largest absolute Gasteiger partial charge is 0.387 e. The number of benzene rings is 1. The van der Waals surface area contributed by atoms with Gasteiger partial charge >= 0.3 is 0 Å². The number of aliphatic hydroxyl groups is 1. The Balaban J connectivity index is 1.96. The molecule has 0 radical (unpaired) electrons. The predicted octanol–water partition coefficient (Wildman–Crippen LogP) is 2.81. The standard InChI is InChI=1S/C15H19FN2O2/c1-9(15-10(2)18-20-11(15)3)17-8-14(19)12-4-6-13(16)7-5-12/h4-7,9,14,17,19H,8H2,1-3H3. The first kappa shape index (κ1) is 14.7. The van der Waals surface area contributed by atoms with Crippen LogP contribution in [0.15, 0.2) is 28.8 Å². The van der Waals surface area contributed by atoms with E-state index < -0.39 is 6.10 Å². The highest BCUT2D eigenvalue weighted by atomic mass is 19.1. The highest BCUT2D eigenvalue weighted by Crippen LogP contribution is 2.21. The highest BCUT2D eigenvalue weighted by Gasteiger charge is 2.17. The Hall–Kier alpha value is -1.72. The zero-order valence-electron chi connectivity index (χ0n) is 11.9. The average molecular weight is 278 g/mol. The molecule has 1 aromatic heterocycles. The van der Waals surface area contributed by atoms with Crippen LogP contribution in [0.4, 0.5) is 4.39 Å². The van der Waals surface area contributed by atoms with Crippen LogP contribution in [0, 0.1) is 19.7 Å². The molecule has 0 saturated heterocycles. The number of halogens is 1. The maximum Gasteiger partial charge on any atom is 0.138 e. The molecule has 2 rings (SSSR count). The molecule has 0 bridgehead atoms. The van der Waals surface area contributed by atoms with Crippen LogP contribution in [-0.2, 0) is 0 Å². The molecule has 1 aromatic carbocycles.